The van der Waals surface area contributed by atoms with Crippen molar-refractivity contribution in [2.45, 2.75) is 6.92 Å². The summed E-state index contributed by atoms with van der Waals surface area (Å²) < 4.78 is 0. The number of aromatic hydroxyl groups is 1. The van der Waals surface area contributed by atoms with Gasteiger partial charge in [0.2, 0.25) is 0 Å². The maximum atomic E-state index is 11.8. The van der Waals surface area contributed by atoms with Crippen LogP contribution in [0.15, 0.2) is 36.9 Å². The van der Waals surface area contributed by atoms with Crippen LogP contribution in [-0.2, 0) is 0 Å². The molecule has 2 N–H and O–H groups in total. The minimum absolute atomic E-state index is 0.0990. The molecule has 0 aliphatic carbocycles. The molecule has 17 heavy (non-hydrogen) atoms. The standard InChI is InChI=1S/C12H11N3O2/c1-8-2-3-9(4-11(8)16)12(17)15-10-5-13-7-14-6-10/h2-7,16H,1H3,(H,15,17). The van der Waals surface area contributed by atoms with Gasteiger partial charge in [0.05, 0.1) is 18.1 Å². The lowest BCUT2D eigenvalue weighted by atomic mass is 10.1. The van der Waals surface area contributed by atoms with Gasteiger partial charge in [-0.05, 0) is 24.6 Å². The number of nitrogens with one attached hydrogen (secondary N) is 1. The normalized spacial score (nSPS) is 9.94. The predicted octanol–water partition coefficient (Wildman–Crippen LogP) is 1.74. The second-order valence-corrected chi connectivity index (χ2v) is 3.58. The van der Waals surface area contributed by atoms with E-state index in [4.69, 9.17) is 0 Å². The summed E-state index contributed by atoms with van der Waals surface area (Å²) in [6.45, 7) is 1.77. The molecule has 1 aromatic heterocycles. The van der Waals surface area contributed by atoms with Crippen molar-refractivity contribution < 1.29 is 9.90 Å². The lowest BCUT2D eigenvalue weighted by Crippen LogP contribution is -2.12. The zero-order valence-electron chi connectivity index (χ0n) is 9.21. The lowest BCUT2D eigenvalue weighted by Gasteiger charge is -2.05. The van der Waals surface area contributed by atoms with E-state index in [1.54, 1.807) is 19.1 Å². The first-order valence-electron chi connectivity index (χ1n) is 5.03. The number of phenolic OH excluding ortho intramolecular Hbond substituents is 1. The van der Waals surface area contributed by atoms with E-state index in [1.165, 1.54) is 24.8 Å². The average Bonchev–Trinajstić information content (AvgIpc) is 2.34. The van der Waals surface area contributed by atoms with Crippen LogP contribution in [0, 0.1) is 6.92 Å². The van der Waals surface area contributed by atoms with Crippen molar-refractivity contribution in [1.29, 1.82) is 0 Å². The largest absolute Gasteiger partial charge is 0.508 e. The summed E-state index contributed by atoms with van der Waals surface area (Å²) >= 11 is 0. The van der Waals surface area contributed by atoms with Crippen LogP contribution in [0.2, 0.25) is 0 Å². The van der Waals surface area contributed by atoms with Gasteiger partial charge in [0.15, 0.2) is 0 Å². The van der Waals surface area contributed by atoms with Gasteiger partial charge in [-0.1, -0.05) is 6.07 Å². The molecule has 5 nitrogen and oxygen atoms in total. The fourth-order valence-electron chi connectivity index (χ4n) is 1.32. The third-order valence-corrected chi connectivity index (χ3v) is 2.29. The SMILES string of the molecule is Cc1ccc(C(=O)Nc2cncnc2)cc1O. The summed E-state index contributed by atoms with van der Waals surface area (Å²) in [6, 6.07) is 4.76. The van der Waals surface area contributed by atoms with Gasteiger partial charge < -0.3 is 10.4 Å². The average molecular weight is 229 g/mol. The van der Waals surface area contributed by atoms with E-state index in [2.05, 4.69) is 15.3 Å². The summed E-state index contributed by atoms with van der Waals surface area (Å²) in [5.74, 6) is -0.211. The van der Waals surface area contributed by atoms with Gasteiger partial charge >= 0.3 is 0 Å². The minimum Gasteiger partial charge on any atom is -0.508 e. The number of anilines is 1. The number of hydrogen-bond donors (Lipinski definition) is 2. The summed E-state index contributed by atoms with van der Waals surface area (Å²) in [6.07, 6.45) is 4.38. The van der Waals surface area contributed by atoms with Crippen LogP contribution in [-0.4, -0.2) is 21.0 Å². The molecular formula is C12H11N3O2. The van der Waals surface area contributed by atoms with Gasteiger partial charge in [0.25, 0.3) is 5.91 Å². The molecule has 1 heterocycles. The number of rotatable bonds is 2. The van der Waals surface area contributed by atoms with Gasteiger partial charge in [0.1, 0.15) is 12.1 Å². The molecule has 2 rings (SSSR count). The van der Waals surface area contributed by atoms with Crippen LogP contribution in [0.3, 0.4) is 0 Å². The molecule has 0 aliphatic heterocycles. The molecule has 1 aromatic carbocycles. The highest BCUT2D eigenvalue weighted by Gasteiger charge is 2.08. The van der Waals surface area contributed by atoms with E-state index in [1.807, 2.05) is 0 Å². The molecule has 1 amide bonds. The summed E-state index contributed by atoms with van der Waals surface area (Å²) in [7, 11) is 0. The van der Waals surface area contributed by atoms with E-state index < -0.39 is 0 Å². The third kappa shape index (κ3) is 2.57. The van der Waals surface area contributed by atoms with Crippen LogP contribution >= 0.6 is 0 Å². The molecule has 0 fully saturated rings. The summed E-state index contributed by atoms with van der Waals surface area (Å²) in [4.78, 5) is 19.4. The number of phenols is 1. The fraction of sp³-hybridized carbons (Fsp3) is 0.0833. The molecule has 5 heteroatoms. The van der Waals surface area contributed by atoms with Gasteiger partial charge in [0, 0.05) is 5.56 Å². The third-order valence-electron chi connectivity index (χ3n) is 2.29. The van der Waals surface area contributed by atoms with Gasteiger partial charge in [-0.25, -0.2) is 9.97 Å². The molecule has 2 aromatic rings. The van der Waals surface area contributed by atoms with Crippen molar-refractivity contribution in [3.8, 4) is 5.75 Å². The monoisotopic (exact) mass is 229 g/mol. The zero-order valence-corrected chi connectivity index (χ0v) is 9.21. The van der Waals surface area contributed by atoms with Crippen molar-refractivity contribution in [3.05, 3.63) is 48.0 Å². The van der Waals surface area contributed by atoms with Crippen molar-refractivity contribution in [1.82, 2.24) is 9.97 Å². The summed E-state index contributed by atoms with van der Waals surface area (Å²) in [5, 5.41) is 12.1. The highest BCUT2D eigenvalue weighted by atomic mass is 16.3. The highest BCUT2D eigenvalue weighted by Crippen LogP contribution is 2.18. The molecular weight excluding hydrogens is 218 g/mol. The van der Waals surface area contributed by atoms with Gasteiger partial charge in [-0.3, -0.25) is 4.79 Å². The van der Waals surface area contributed by atoms with Crippen LogP contribution in [0.1, 0.15) is 15.9 Å². The molecule has 0 bridgehead atoms. The van der Waals surface area contributed by atoms with Crippen LogP contribution in [0.4, 0.5) is 5.69 Å². The maximum Gasteiger partial charge on any atom is 0.255 e. The smallest absolute Gasteiger partial charge is 0.255 e. The second kappa shape index (κ2) is 4.61. The Bertz CT molecular complexity index is 541. The topological polar surface area (TPSA) is 75.1 Å². The quantitative estimate of drug-likeness (QED) is 0.822. The highest BCUT2D eigenvalue weighted by molar-refractivity contribution is 6.04. The molecule has 0 saturated heterocycles. The van der Waals surface area contributed by atoms with Gasteiger partial charge in [-0.2, -0.15) is 0 Å². The Morgan fingerprint density at radius 1 is 1.29 bits per heavy atom. The number of aryl methyl sites for hydroxylation is 1. The maximum absolute atomic E-state index is 11.8. The van der Waals surface area contributed by atoms with Crippen molar-refractivity contribution in [2.75, 3.05) is 5.32 Å². The Hall–Kier alpha value is -2.43. The molecule has 86 valence electrons. The first-order chi connectivity index (χ1) is 8.16. The number of hydrogen-bond acceptors (Lipinski definition) is 4. The van der Waals surface area contributed by atoms with Gasteiger partial charge in [-0.15, -0.1) is 0 Å². The Labute approximate surface area is 98.2 Å². The molecule has 0 unspecified atom stereocenters. The van der Waals surface area contributed by atoms with Crippen LogP contribution in [0.25, 0.3) is 0 Å². The number of nitrogens with zero attached hydrogens (tertiary/aromatic N) is 2. The molecule has 0 saturated carbocycles. The van der Waals surface area contributed by atoms with Crippen molar-refractivity contribution in [3.63, 3.8) is 0 Å². The van der Waals surface area contributed by atoms with E-state index in [-0.39, 0.29) is 11.7 Å². The Kier molecular flexibility index (Phi) is 3.00. The van der Waals surface area contributed by atoms with Crippen LogP contribution in [0.5, 0.6) is 5.75 Å². The molecule has 0 radical (unpaired) electrons. The number of aromatic nitrogens is 2. The fourth-order valence-corrected chi connectivity index (χ4v) is 1.32. The van der Waals surface area contributed by atoms with Crippen molar-refractivity contribution >= 4 is 11.6 Å². The lowest BCUT2D eigenvalue weighted by molar-refractivity contribution is 0.102. The van der Waals surface area contributed by atoms with E-state index >= 15 is 0 Å². The van der Waals surface area contributed by atoms with E-state index in [9.17, 15) is 9.90 Å². The summed E-state index contributed by atoms with van der Waals surface area (Å²) in [5.41, 5.74) is 1.62. The van der Waals surface area contributed by atoms with E-state index in [0.29, 0.717) is 11.3 Å². The van der Waals surface area contributed by atoms with Crippen molar-refractivity contribution in [2.24, 2.45) is 0 Å². The van der Waals surface area contributed by atoms with Crippen LogP contribution < -0.4 is 5.32 Å². The first kappa shape index (κ1) is 11.1. The second-order valence-electron chi connectivity index (χ2n) is 3.58. The first-order valence-corrected chi connectivity index (χ1v) is 5.03. The molecule has 0 spiro atoms. The van der Waals surface area contributed by atoms with E-state index in [0.717, 1.165) is 5.56 Å². The number of carbonyl (C=O) groups is 1. The Morgan fingerprint density at radius 2 is 2.00 bits per heavy atom. The zero-order chi connectivity index (χ0) is 12.3. The predicted molar refractivity (Wildman–Crippen MR) is 62.8 cm³/mol. The molecule has 0 aliphatic rings. The Morgan fingerprint density at radius 3 is 2.65 bits per heavy atom. The minimum atomic E-state index is -0.310. The molecule has 0 atom stereocenters. The number of amides is 1. The Balaban J connectivity index is 2.18. The number of carbonyl (C=O) groups excluding carboxylic acids is 1. The number of benzene rings is 1.